The summed E-state index contributed by atoms with van der Waals surface area (Å²) in [4.78, 5) is 37.8. The summed E-state index contributed by atoms with van der Waals surface area (Å²) in [6.07, 6.45) is 3.50. The fraction of sp³-hybridized carbons (Fsp3) is 0.450. The van der Waals surface area contributed by atoms with Gasteiger partial charge in [0, 0.05) is 43.7 Å². The van der Waals surface area contributed by atoms with E-state index in [4.69, 9.17) is 0 Å². The highest BCUT2D eigenvalue weighted by Crippen LogP contribution is 2.28. The minimum atomic E-state index is -0.568. The number of rotatable bonds is 6. The first-order valence-electron chi connectivity index (χ1n) is 9.34. The number of nitrogens with zero attached hydrogens (tertiary/aromatic N) is 1. The van der Waals surface area contributed by atoms with Crippen molar-refractivity contribution < 1.29 is 14.4 Å². The third-order valence-electron chi connectivity index (χ3n) is 5.72. The minimum Gasteiger partial charge on any atom is -0.322 e. The highest BCUT2D eigenvalue weighted by Gasteiger charge is 2.39. The number of amides is 3. The average molecular weight is 368 g/mol. The van der Waals surface area contributed by atoms with Crippen molar-refractivity contribution in [3.8, 4) is 0 Å². The summed E-state index contributed by atoms with van der Waals surface area (Å²) in [5, 5.41) is 9.23. The van der Waals surface area contributed by atoms with E-state index < -0.39 is 6.04 Å². The zero-order valence-corrected chi connectivity index (χ0v) is 15.2. The Morgan fingerprint density at radius 2 is 2.11 bits per heavy atom. The van der Waals surface area contributed by atoms with E-state index in [-0.39, 0.29) is 29.7 Å². The van der Waals surface area contributed by atoms with Gasteiger partial charge in [-0.05, 0) is 30.0 Å². The zero-order valence-electron chi connectivity index (χ0n) is 15.2. The molecule has 1 aromatic rings. The van der Waals surface area contributed by atoms with Gasteiger partial charge in [0.25, 0.3) is 5.91 Å². The molecule has 0 aromatic heterocycles. The van der Waals surface area contributed by atoms with Gasteiger partial charge in [-0.1, -0.05) is 18.2 Å². The largest absolute Gasteiger partial charge is 0.322 e. The van der Waals surface area contributed by atoms with E-state index in [1.807, 2.05) is 24.3 Å². The van der Waals surface area contributed by atoms with E-state index >= 15 is 0 Å². The Kier molecular flexibility index (Phi) is 4.57. The summed E-state index contributed by atoms with van der Waals surface area (Å²) in [5.41, 5.74) is 2.76. The number of carbonyl (C=O) groups excluding carboxylic acids is 3. The number of piperidine rings is 1. The molecule has 3 heterocycles. The van der Waals surface area contributed by atoms with Crippen molar-refractivity contribution >= 4 is 17.7 Å². The molecule has 7 nitrogen and oxygen atoms in total. The average Bonchev–Trinajstić information content (AvgIpc) is 2.93. The van der Waals surface area contributed by atoms with Crippen LogP contribution in [0, 0.1) is 0 Å². The molecule has 2 saturated heterocycles. The van der Waals surface area contributed by atoms with Crippen LogP contribution >= 0.6 is 0 Å². The summed E-state index contributed by atoms with van der Waals surface area (Å²) in [6.45, 7) is 6.81. The van der Waals surface area contributed by atoms with E-state index in [0.29, 0.717) is 18.5 Å². The first kappa shape index (κ1) is 17.9. The number of hydrogen-bond donors (Lipinski definition) is 3. The fourth-order valence-electron chi connectivity index (χ4n) is 4.07. The number of fused-ring (bicyclic) bond motifs is 1. The molecule has 0 saturated carbocycles. The molecule has 3 aliphatic heterocycles. The van der Waals surface area contributed by atoms with Crippen molar-refractivity contribution in [3.05, 3.63) is 47.5 Å². The lowest BCUT2D eigenvalue weighted by Gasteiger charge is -2.43. The number of carbonyl (C=O) groups is 3. The first-order chi connectivity index (χ1) is 13.0. The van der Waals surface area contributed by atoms with Crippen LogP contribution in [0.2, 0.25) is 0 Å². The van der Waals surface area contributed by atoms with Crippen molar-refractivity contribution in [2.45, 2.75) is 43.9 Å². The topological polar surface area (TPSA) is 90.5 Å². The molecule has 142 valence electrons. The van der Waals surface area contributed by atoms with Gasteiger partial charge in [-0.2, -0.15) is 0 Å². The van der Waals surface area contributed by atoms with Gasteiger partial charge in [0.2, 0.25) is 11.8 Å². The molecular weight excluding hydrogens is 344 g/mol. The Labute approximate surface area is 158 Å². The molecule has 0 radical (unpaired) electrons. The van der Waals surface area contributed by atoms with Crippen LogP contribution < -0.4 is 16.0 Å². The second-order valence-corrected chi connectivity index (χ2v) is 7.62. The van der Waals surface area contributed by atoms with E-state index in [0.717, 1.165) is 37.2 Å². The van der Waals surface area contributed by atoms with E-state index in [1.54, 1.807) is 4.90 Å². The van der Waals surface area contributed by atoms with Crippen LogP contribution in [0.25, 0.3) is 0 Å². The molecule has 0 aliphatic carbocycles. The van der Waals surface area contributed by atoms with Gasteiger partial charge in [-0.15, -0.1) is 6.58 Å². The summed E-state index contributed by atoms with van der Waals surface area (Å²) in [7, 11) is 0. The van der Waals surface area contributed by atoms with Crippen LogP contribution in [0.1, 0.15) is 40.7 Å². The van der Waals surface area contributed by atoms with Crippen LogP contribution in [-0.4, -0.2) is 47.3 Å². The highest BCUT2D eigenvalue weighted by atomic mass is 16.2. The normalized spacial score (nSPS) is 23.6. The number of hydrogen-bond acceptors (Lipinski definition) is 5. The molecule has 0 bridgehead atoms. The van der Waals surface area contributed by atoms with Crippen molar-refractivity contribution in [1.82, 2.24) is 20.9 Å². The summed E-state index contributed by atoms with van der Waals surface area (Å²) in [5.74, 6) is -0.781. The van der Waals surface area contributed by atoms with Crippen LogP contribution in [-0.2, 0) is 22.7 Å². The molecule has 7 heteroatoms. The monoisotopic (exact) mass is 368 g/mol. The maximum atomic E-state index is 12.7. The van der Waals surface area contributed by atoms with Crippen molar-refractivity contribution in [3.63, 3.8) is 0 Å². The van der Waals surface area contributed by atoms with Gasteiger partial charge in [-0.25, -0.2) is 0 Å². The lowest BCUT2D eigenvalue weighted by atomic mass is 9.88. The molecular formula is C20H24N4O3. The molecule has 3 N–H and O–H groups in total. The SMILES string of the molecule is C=CCC1(NCc2ccc3c(c2)CN(C2CCC(=O)NC2=O)C3=O)CNC1. The number of benzene rings is 1. The van der Waals surface area contributed by atoms with Crippen LogP contribution in [0.5, 0.6) is 0 Å². The molecule has 0 spiro atoms. The van der Waals surface area contributed by atoms with Gasteiger partial charge < -0.3 is 15.5 Å². The second-order valence-electron chi connectivity index (χ2n) is 7.62. The molecule has 2 fully saturated rings. The van der Waals surface area contributed by atoms with Crippen molar-refractivity contribution in [1.29, 1.82) is 0 Å². The predicted octanol–water partition coefficient (Wildman–Crippen LogP) is 0.455. The molecule has 4 rings (SSSR count). The summed E-state index contributed by atoms with van der Waals surface area (Å²) >= 11 is 0. The molecule has 3 amide bonds. The Hall–Kier alpha value is -2.51. The third-order valence-corrected chi connectivity index (χ3v) is 5.72. The van der Waals surface area contributed by atoms with E-state index in [9.17, 15) is 14.4 Å². The fourth-order valence-corrected chi connectivity index (χ4v) is 4.07. The summed E-state index contributed by atoms with van der Waals surface area (Å²) < 4.78 is 0. The van der Waals surface area contributed by atoms with Crippen LogP contribution in [0.4, 0.5) is 0 Å². The first-order valence-corrected chi connectivity index (χ1v) is 9.34. The van der Waals surface area contributed by atoms with Gasteiger partial charge in [-0.3, -0.25) is 19.7 Å². The molecule has 1 atom stereocenters. The minimum absolute atomic E-state index is 0.0648. The molecule has 27 heavy (non-hydrogen) atoms. The number of imide groups is 1. The zero-order chi connectivity index (χ0) is 19.0. The quantitative estimate of drug-likeness (QED) is 0.501. The lowest BCUT2D eigenvalue weighted by Crippen LogP contribution is -2.67. The Morgan fingerprint density at radius 3 is 2.78 bits per heavy atom. The smallest absolute Gasteiger partial charge is 0.255 e. The molecule has 3 aliphatic rings. The van der Waals surface area contributed by atoms with E-state index in [2.05, 4.69) is 22.5 Å². The number of nitrogens with one attached hydrogen (secondary N) is 3. The van der Waals surface area contributed by atoms with Crippen LogP contribution in [0.3, 0.4) is 0 Å². The Bertz CT molecular complexity index is 815. The van der Waals surface area contributed by atoms with Gasteiger partial charge in [0.15, 0.2) is 0 Å². The van der Waals surface area contributed by atoms with Gasteiger partial charge in [0.1, 0.15) is 6.04 Å². The predicted molar refractivity (Wildman–Crippen MR) is 99.7 cm³/mol. The van der Waals surface area contributed by atoms with Gasteiger partial charge >= 0.3 is 0 Å². The third kappa shape index (κ3) is 3.28. The van der Waals surface area contributed by atoms with E-state index in [1.165, 1.54) is 0 Å². The second kappa shape index (κ2) is 6.90. The Balaban J connectivity index is 1.45. The van der Waals surface area contributed by atoms with Crippen LogP contribution in [0.15, 0.2) is 30.9 Å². The maximum absolute atomic E-state index is 12.7. The van der Waals surface area contributed by atoms with Gasteiger partial charge in [0.05, 0.1) is 0 Å². The van der Waals surface area contributed by atoms with Crippen molar-refractivity contribution in [2.75, 3.05) is 13.1 Å². The molecule has 1 unspecified atom stereocenters. The lowest BCUT2D eigenvalue weighted by molar-refractivity contribution is -0.136. The standard InChI is InChI=1S/C20H24N4O3/c1-2-7-20(11-21-12-20)22-9-13-3-4-15-14(8-13)10-24(19(15)27)16-5-6-17(25)23-18(16)26/h2-4,8,16,21-22H,1,5-7,9-12H2,(H,23,25,26). The Morgan fingerprint density at radius 1 is 1.30 bits per heavy atom. The van der Waals surface area contributed by atoms with Crippen molar-refractivity contribution in [2.24, 2.45) is 0 Å². The molecule has 1 aromatic carbocycles. The summed E-state index contributed by atoms with van der Waals surface area (Å²) in [6, 6.07) is 5.28. The maximum Gasteiger partial charge on any atom is 0.255 e. The highest BCUT2D eigenvalue weighted by molar-refractivity contribution is 6.05.